The number of halogens is 1. The summed E-state index contributed by atoms with van der Waals surface area (Å²) in [5.74, 6) is 1.90. The number of nitrogens with zero attached hydrogens (tertiary/aromatic N) is 2. The number of hydrogen-bond donors (Lipinski definition) is 0. The predicted molar refractivity (Wildman–Crippen MR) is 80.7 cm³/mol. The Morgan fingerprint density at radius 3 is 2.50 bits per heavy atom. The van der Waals surface area contributed by atoms with E-state index >= 15 is 0 Å². The van der Waals surface area contributed by atoms with Gasteiger partial charge in [0.1, 0.15) is 0 Å². The average Bonchev–Trinajstić information content (AvgIpc) is 2.97. The summed E-state index contributed by atoms with van der Waals surface area (Å²) < 4.78 is 5.26. The fourth-order valence-electron chi connectivity index (χ4n) is 1.69. The van der Waals surface area contributed by atoms with Crippen molar-refractivity contribution in [2.24, 2.45) is 0 Å². The third kappa shape index (κ3) is 3.21. The van der Waals surface area contributed by atoms with Crippen LogP contribution in [0, 0.1) is 0 Å². The van der Waals surface area contributed by atoms with E-state index in [0.29, 0.717) is 17.5 Å². The number of benzene rings is 2. The maximum Gasteiger partial charge on any atom is 0.257 e. The number of thioether (sulfide) groups is 1. The van der Waals surface area contributed by atoms with E-state index in [1.165, 1.54) is 0 Å². The van der Waals surface area contributed by atoms with Crippen LogP contribution in [-0.2, 0) is 5.75 Å². The van der Waals surface area contributed by atoms with E-state index in [2.05, 4.69) is 10.1 Å². The highest BCUT2D eigenvalue weighted by Crippen LogP contribution is 2.24. The van der Waals surface area contributed by atoms with E-state index in [-0.39, 0.29) is 0 Å². The first-order valence-electron chi connectivity index (χ1n) is 6.07. The summed E-state index contributed by atoms with van der Waals surface area (Å²) in [7, 11) is 0. The fraction of sp³-hybridized carbons (Fsp3) is 0.0667. The summed E-state index contributed by atoms with van der Waals surface area (Å²) in [4.78, 5) is 5.51. The van der Waals surface area contributed by atoms with Crippen LogP contribution in [0.5, 0.6) is 0 Å². The molecule has 0 atom stereocenters. The van der Waals surface area contributed by atoms with Gasteiger partial charge in [-0.25, -0.2) is 0 Å². The van der Waals surface area contributed by atoms with Crippen LogP contribution >= 0.6 is 23.4 Å². The van der Waals surface area contributed by atoms with Crippen LogP contribution in [0.3, 0.4) is 0 Å². The van der Waals surface area contributed by atoms with Crippen LogP contribution in [0.1, 0.15) is 5.82 Å². The molecule has 3 rings (SSSR count). The lowest BCUT2D eigenvalue weighted by atomic mass is 10.2. The first kappa shape index (κ1) is 13.2. The molecule has 100 valence electrons. The van der Waals surface area contributed by atoms with Crippen LogP contribution < -0.4 is 0 Å². The Balaban J connectivity index is 1.67. The molecule has 1 heterocycles. The zero-order chi connectivity index (χ0) is 13.8. The molecule has 0 amide bonds. The molecule has 0 fully saturated rings. The molecular weight excluding hydrogens is 292 g/mol. The van der Waals surface area contributed by atoms with Crippen molar-refractivity contribution in [1.82, 2.24) is 10.1 Å². The Morgan fingerprint density at radius 2 is 1.75 bits per heavy atom. The van der Waals surface area contributed by atoms with Crippen molar-refractivity contribution in [3.05, 3.63) is 65.4 Å². The summed E-state index contributed by atoms with van der Waals surface area (Å²) in [6.45, 7) is 0. The van der Waals surface area contributed by atoms with Gasteiger partial charge in [-0.1, -0.05) is 35.0 Å². The summed E-state index contributed by atoms with van der Waals surface area (Å²) in [5, 5.41) is 4.73. The summed E-state index contributed by atoms with van der Waals surface area (Å²) in [6.07, 6.45) is 0. The van der Waals surface area contributed by atoms with Gasteiger partial charge in [-0.3, -0.25) is 0 Å². The van der Waals surface area contributed by atoms with E-state index < -0.39 is 0 Å². The first-order valence-corrected chi connectivity index (χ1v) is 7.44. The lowest BCUT2D eigenvalue weighted by Gasteiger charge is -1.97. The quantitative estimate of drug-likeness (QED) is 0.656. The Kier molecular flexibility index (Phi) is 4.04. The molecule has 0 bridgehead atoms. The van der Waals surface area contributed by atoms with Gasteiger partial charge in [0.25, 0.3) is 5.89 Å². The smallest absolute Gasteiger partial charge is 0.257 e. The van der Waals surface area contributed by atoms with Crippen molar-refractivity contribution in [1.29, 1.82) is 0 Å². The number of hydrogen-bond acceptors (Lipinski definition) is 4. The largest absolute Gasteiger partial charge is 0.334 e. The van der Waals surface area contributed by atoms with Crippen LogP contribution in [0.2, 0.25) is 5.02 Å². The van der Waals surface area contributed by atoms with Gasteiger partial charge < -0.3 is 4.52 Å². The summed E-state index contributed by atoms with van der Waals surface area (Å²) in [6, 6.07) is 17.4. The molecule has 3 aromatic rings. The molecule has 0 aliphatic carbocycles. The Labute approximate surface area is 126 Å². The minimum Gasteiger partial charge on any atom is -0.334 e. The lowest BCUT2D eigenvalue weighted by molar-refractivity contribution is 0.425. The molecule has 1 aromatic heterocycles. The van der Waals surface area contributed by atoms with Gasteiger partial charge in [-0.15, -0.1) is 11.8 Å². The lowest BCUT2D eigenvalue weighted by Crippen LogP contribution is -1.84. The monoisotopic (exact) mass is 302 g/mol. The van der Waals surface area contributed by atoms with Crippen molar-refractivity contribution in [2.45, 2.75) is 10.6 Å². The van der Waals surface area contributed by atoms with Crippen molar-refractivity contribution >= 4 is 23.4 Å². The zero-order valence-corrected chi connectivity index (χ0v) is 12.1. The maximum absolute atomic E-state index is 5.85. The van der Waals surface area contributed by atoms with E-state index in [0.717, 1.165) is 15.5 Å². The van der Waals surface area contributed by atoms with Crippen LogP contribution in [0.25, 0.3) is 11.5 Å². The van der Waals surface area contributed by atoms with Gasteiger partial charge in [-0.05, 0) is 36.4 Å². The molecule has 20 heavy (non-hydrogen) atoms. The zero-order valence-electron chi connectivity index (χ0n) is 10.5. The molecule has 0 saturated carbocycles. The van der Waals surface area contributed by atoms with Crippen molar-refractivity contribution < 1.29 is 4.52 Å². The van der Waals surface area contributed by atoms with Crippen molar-refractivity contribution in [3.63, 3.8) is 0 Å². The molecule has 2 aromatic carbocycles. The van der Waals surface area contributed by atoms with Crippen LogP contribution in [0.4, 0.5) is 0 Å². The number of aromatic nitrogens is 2. The first-order chi connectivity index (χ1) is 9.81. The SMILES string of the molecule is Clc1ccc(SCc2noc(-c3ccccc3)n2)cc1. The van der Waals surface area contributed by atoms with Gasteiger partial charge in [0.2, 0.25) is 0 Å². The second-order valence-corrected chi connectivity index (χ2v) is 5.61. The predicted octanol–water partition coefficient (Wildman–Crippen LogP) is 4.68. The molecular formula is C15H11ClN2OS. The maximum atomic E-state index is 5.85. The highest BCUT2D eigenvalue weighted by atomic mass is 35.5. The molecule has 0 unspecified atom stereocenters. The molecule has 5 heteroatoms. The average molecular weight is 303 g/mol. The Morgan fingerprint density at radius 1 is 1.00 bits per heavy atom. The van der Waals surface area contributed by atoms with Gasteiger partial charge in [0.05, 0.1) is 5.75 Å². The second kappa shape index (κ2) is 6.11. The molecule has 0 spiro atoms. The molecule has 3 nitrogen and oxygen atoms in total. The molecule has 0 saturated heterocycles. The van der Waals surface area contributed by atoms with Crippen molar-refractivity contribution in [3.8, 4) is 11.5 Å². The van der Waals surface area contributed by atoms with E-state index in [1.807, 2.05) is 54.6 Å². The molecule has 0 aliphatic rings. The molecule has 0 radical (unpaired) electrons. The van der Waals surface area contributed by atoms with E-state index in [9.17, 15) is 0 Å². The minimum atomic E-state index is 0.553. The van der Waals surface area contributed by atoms with Gasteiger partial charge in [0.15, 0.2) is 5.82 Å². The third-order valence-corrected chi connectivity index (χ3v) is 3.93. The molecule has 0 aliphatic heterocycles. The van der Waals surface area contributed by atoms with Crippen LogP contribution in [-0.4, -0.2) is 10.1 Å². The van der Waals surface area contributed by atoms with Crippen LogP contribution in [0.15, 0.2) is 64.0 Å². The minimum absolute atomic E-state index is 0.553. The van der Waals surface area contributed by atoms with Crippen molar-refractivity contribution in [2.75, 3.05) is 0 Å². The highest BCUT2D eigenvalue weighted by Gasteiger charge is 2.08. The Bertz CT molecular complexity index is 683. The van der Waals surface area contributed by atoms with Gasteiger partial charge in [0, 0.05) is 15.5 Å². The van der Waals surface area contributed by atoms with Gasteiger partial charge >= 0.3 is 0 Å². The Hall–Kier alpha value is -1.78. The normalized spacial score (nSPS) is 10.7. The standard InChI is InChI=1S/C15H11ClN2OS/c16-12-6-8-13(9-7-12)20-10-14-17-15(19-18-14)11-4-2-1-3-5-11/h1-9H,10H2. The third-order valence-electron chi connectivity index (χ3n) is 2.67. The topological polar surface area (TPSA) is 38.9 Å². The van der Waals surface area contributed by atoms with E-state index in [1.54, 1.807) is 11.8 Å². The molecule has 0 N–H and O–H groups in total. The second-order valence-electron chi connectivity index (χ2n) is 4.12. The van der Waals surface area contributed by atoms with Gasteiger partial charge in [-0.2, -0.15) is 4.98 Å². The summed E-state index contributed by atoms with van der Waals surface area (Å²) >= 11 is 7.50. The van der Waals surface area contributed by atoms with E-state index in [4.69, 9.17) is 16.1 Å². The summed E-state index contributed by atoms with van der Waals surface area (Å²) in [5.41, 5.74) is 0.933. The fourth-order valence-corrected chi connectivity index (χ4v) is 2.56. The highest BCUT2D eigenvalue weighted by molar-refractivity contribution is 7.98. The number of rotatable bonds is 4.